The van der Waals surface area contributed by atoms with Gasteiger partial charge in [-0.25, -0.2) is 9.48 Å². The number of carbonyl (C=O) groups excluding carboxylic acids is 1. The third-order valence-corrected chi connectivity index (χ3v) is 4.48. The van der Waals surface area contributed by atoms with Crippen molar-refractivity contribution in [2.75, 3.05) is 32.6 Å². The highest BCUT2D eigenvalue weighted by Gasteiger charge is 2.14. The van der Waals surface area contributed by atoms with Crippen LogP contribution in [0.15, 0.2) is 54.6 Å². The maximum Gasteiger partial charge on any atom is 0.321 e. The molecule has 0 spiro atoms. The number of aromatic nitrogens is 2. The highest BCUT2D eigenvalue weighted by atomic mass is 16.5. The smallest absolute Gasteiger partial charge is 0.321 e. The Kier molecular flexibility index (Phi) is 6.39. The molecule has 0 unspecified atom stereocenters. The molecule has 0 aliphatic carbocycles. The third-order valence-electron chi connectivity index (χ3n) is 4.48. The van der Waals surface area contributed by atoms with Gasteiger partial charge in [0.05, 0.1) is 30.7 Å². The zero-order valence-corrected chi connectivity index (χ0v) is 17.2. The molecular weight excluding hydrogens is 368 g/mol. The molecule has 0 aliphatic rings. The molecule has 2 aromatic carbocycles. The Morgan fingerprint density at radius 1 is 1.10 bits per heavy atom. The van der Waals surface area contributed by atoms with E-state index in [2.05, 4.69) is 10.4 Å². The number of amides is 2. The van der Waals surface area contributed by atoms with Gasteiger partial charge in [0.15, 0.2) is 0 Å². The number of likely N-dealkylation sites (N-methyl/N-ethyl adjacent to an activating group) is 1. The van der Waals surface area contributed by atoms with Crippen molar-refractivity contribution in [2.45, 2.75) is 13.8 Å². The number of rotatable bonds is 7. The number of hydrogen-bond acceptors (Lipinski definition) is 4. The normalized spacial score (nSPS) is 10.5. The summed E-state index contributed by atoms with van der Waals surface area (Å²) in [5, 5.41) is 7.47. The first-order valence-corrected chi connectivity index (χ1v) is 9.39. The average Bonchev–Trinajstić information content (AvgIpc) is 3.06. The van der Waals surface area contributed by atoms with Gasteiger partial charge in [-0.05, 0) is 56.3 Å². The summed E-state index contributed by atoms with van der Waals surface area (Å²) >= 11 is 0. The third kappa shape index (κ3) is 5.07. The van der Waals surface area contributed by atoms with E-state index in [-0.39, 0.29) is 6.03 Å². The molecular formula is C22H26N4O3. The Balaban J connectivity index is 1.59. The molecule has 0 aliphatic heterocycles. The average molecular weight is 394 g/mol. The summed E-state index contributed by atoms with van der Waals surface area (Å²) in [5.41, 5.74) is 3.46. The molecule has 0 saturated heterocycles. The maximum atomic E-state index is 12.6. The van der Waals surface area contributed by atoms with Gasteiger partial charge in [0.2, 0.25) is 0 Å². The van der Waals surface area contributed by atoms with E-state index in [9.17, 15) is 4.79 Å². The van der Waals surface area contributed by atoms with Gasteiger partial charge in [-0.2, -0.15) is 5.10 Å². The highest BCUT2D eigenvalue weighted by Crippen LogP contribution is 2.22. The van der Waals surface area contributed by atoms with Gasteiger partial charge < -0.3 is 19.7 Å². The molecule has 152 valence electrons. The molecule has 0 fully saturated rings. The van der Waals surface area contributed by atoms with Crippen molar-refractivity contribution >= 4 is 11.7 Å². The fourth-order valence-electron chi connectivity index (χ4n) is 2.92. The first kappa shape index (κ1) is 20.3. The lowest BCUT2D eigenvalue weighted by molar-refractivity contribution is 0.207. The van der Waals surface area contributed by atoms with Crippen LogP contribution in [0.2, 0.25) is 0 Å². The first-order valence-electron chi connectivity index (χ1n) is 9.39. The van der Waals surface area contributed by atoms with Crippen LogP contribution in [-0.4, -0.2) is 48.0 Å². The van der Waals surface area contributed by atoms with E-state index in [1.165, 1.54) is 0 Å². The molecule has 0 bridgehead atoms. The minimum absolute atomic E-state index is 0.211. The van der Waals surface area contributed by atoms with Crippen molar-refractivity contribution < 1.29 is 14.3 Å². The lowest BCUT2D eigenvalue weighted by Crippen LogP contribution is -2.34. The van der Waals surface area contributed by atoms with Crippen LogP contribution in [0.4, 0.5) is 10.5 Å². The molecule has 1 heterocycles. The van der Waals surface area contributed by atoms with E-state index in [1.807, 2.05) is 73.1 Å². The molecule has 2 amide bonds. The number of hydrogen-bond donors (Lipinski definition) is 1. The predicted molar refractivity (Wildman–Crippen MR) is 113 cm³/mol. The van der Waals surface area contributed by atoms with Crippen molar-refractivity contribution in [3.05, 3.63) is 66.0 Å². The topological polar surface area (TPSA) is 68.6 Å². The van der Waals surface area contributed by atoms with Crippen LogP contribution in [0.3, 0.4) is 0 Å². The van der Waals surface area contributed by atoms with E-state index in [0.29, 0.717) is 18.8 Å². The fraction of sp³-hybridized carbons (Fsp3) is 0.273. The number of nitrogens with zero attached hydrogens (tertiary/aromatic N) is 3. The van der Waals surface area contributed by atoms with Crippen LogP contribution in [0.5, 0.6) is 11.5 Å². The number of nitrogens with one attached hydrogen (secondary N) is 1. The van der Waals surface area contributed by atoms with Crippen LogP contribution >= 0.6 is 0 Å². The van der Waals surface area contributed by atoms with Crippen molar-refractivity contribution in [2.24, 2.45) is 0 Å². The Bertz CT molecular complexity index is 966. The van der Waals surface area contributed by atoms with Crippen LogP contribution < -0.4 is 14.8 Å². The Hall–Kier alpha value is -3.48. The lowest BCUT2D eigenvalue weighted by atomic mass is 10.2. The number of aryl methyl sites for hydroxylation is 2. The minimum atomic E-state index is -0.211. The summed E-state index contributed by atoms with van der Waals surface area (Å²) in [4.78, 5) is 14.2. The van der Waals surface area contributed by atoms with E-state index >= 15 is 0 Å². The summed E-state index contributed by atoms with van der Waals surface area (Å²) in [7, 11) is 3.36. The number of benzene rings is 2. The second kappa shape index (κ2) is 9.14. The molecule has 29 heavy (non-hydrogen) atoms. The molecule has 0 radical (unpaired) electrons. The van der Waals surface area contributed by atoms with Crippen molar-refractivity contribution in [3.63, 3.8) is 0 Å². The predicted octanol–water partition coefficient (Wildman–Crippen LogP) is 4.04. The van der Waals surface area contributed by atoms with Crippen LogP contribution in [0.25, 0.3) is 5.69 Å². The van der Waals surface area contributed by atoms with Gasteiger partial charge >= 0.3 is 6.03 Å². The fourth-order valence-corrected chi connectivity index (χ4v) is 2.92. The number of ether oxygens (including phenoxy) is 2. The van der Waals surface area contributed by atoms with Gasteiger partial charge in [0.25, 0.3) is 0 Å². The van der Waals surface area contributed by atoms with Gasteiger partial charge in [0.1, 0.15) is 18.1 Å². The summed E-state index contributed by atoms with van der Waals surface area (Å²) in [6.45, 7) is 4.76. The molecule has 7 heteroatoms. The van der Waals surface area contributed by atoms with E-state index in [0.717, 1.165) is 28.6 Å². The summed E-state index contributed by atoms with van der Waals surface area (Å²) < 4.78 is 12.7. The molecule has 1 N–H and O–H groups in total. The minimum Gasteiger partial charge on any atom is -0.497 e. The zero-order chi connectivity index (χ0) is 20.8. The lowest BCUT2D eigenvalue weighted by Gasteiger charge is -2.20. The van der Waals surface area contributed by atoms with Crippen LogP contribution in [-0.2, 0) is 0 Å². The van der Waals surface area contributed by atoms with E-state index in [4.69, 9.17) is 9.47 Å². The van der Waals surface area contributed by atoms with Gasteiger partial charge in [-0.3, -0.25) is 0 Å². The SMILES string of the molecule is COc1ccc(OCCN(C)C(=O)Nc2ccccc2-n2nc(C)cc2C)cc1. The quantitative estimate of drug-likeness (QED) is 0.657. The Morgan fingerprint density at radius 2 is 1.79 bits per heavy atom. The second-order valence-electron chi connectivity index (χ2n) is 6.73. The molecule has 3 aromatic rings. The second-order valence-corrected chi connectivity index (χ2v) is 6.73. The van der Waals surface area contributed by atoms with Gasteiger partial charge in [-0.1, -0.05) is 12.1 Å². The van der Waals surface area contributed by atoms with Crippen LogP contribution in [0, 0.1) is 13.8 Å². The number of carbonyl (C=O) groups is 1. The Morgan fingerprint density at radius 3 is 2.45 bits per heavy atom. The summed E-state index contributed by atoms with van der Waals surface area (Å²) in [6.07, 6.45) is 0. The number of para-hydroxylation sites is 2. The van der Waals surface area contributed by atoms with E-state index < -0.39 is 0 Å². The van der Waals surface area contributed by atoms with Gasteiger partial charge in [-0.15, -0.1) is 0 Å². The Labute approximate surface area is 170 Å². The maximum absolute atomic E-state index is 12.6. The largest absolute Gasteiger partial charge is 0.497 e. The van der Waals surface area contributed by atoms with E-state index in [1.54, 1.807) is 19.1 Å². The molecule has 7 nitrogen and oxygen atoms in total. The van der Waals surface area contributed by atoms with Crippen molar-refractivity contribution in [3.8, 4) is 17.2 Å². The van der Waals surface area contributed by atoms with Crippen LogP contribution in [0.1, 0.15) is 11.4 Å². The number of urea groups is 1. The van der Waals surface area contributed by atoms with Gasteiger partial charge in [0, 0.05) is 12.7 Å². The molecule has 3 rings (SSSR count). The zero-order valence-electron chi connectivity index (χ0n) is 17.2. The summed E-state index contributed by atoms with van der Waals surface area (Å²) in [5.74, 6) is 1.50. The molecule has 0 saturated carbocycles. The highest BCUT2D eigenvalue weighted by molar-refractivity contribution is 5.91. The monoisotopic (exact) mass is 394 g/mol. The van der Waals surface area contributed by atoms with Crippen molar-refractivity contribution in [1.29, 1.82) is 0 Å². The molecule has 0 atom stereocenters. The number of methoxy groups -OCH3 is 1. The standard InChI is InChI=1S/C22H26N4O3/c1-16-15-17(2)26(24-16)21-8-6-5-7-20(21)23-22(27)25(3)13-14-29-19-11-9-18(28-4)10-12-19/h5-12,15H,13-14H2,1-4H3,(H,23,27). The molecule has 1 aromatic heterocycles. The number of anilines is 1. The van der Waals surface area contributed by atoms with Crippen molar-refractivity contribution in [1.82, 2.24) is 14.7 Å². The summed E-state index contributed by atoms with van der Waals surface area (Å²) in [6, 6.07) is 16.7. The first-order chi connectivity index (χ1) is 14.0.